The van der Waals surface area contributed by atoms with Gasteiger partial charge in [-0.15, -0.1) is 0 Å². The fraction of sp³-hybridized carbons (Fsp3) is 0.250. The van der Waals surface area contributed by atoms with Crippen molar-refractivity contribution in [3.05, 3.63) is 52.0 Å². The average Bonchev–Trinajstić information content (AvgIpc) is 2.74. The predicted molar refractivity (Wildman–Crippen MR) is 91.8 cm³/mol. The van der Waals surface area contributed by atoms with Gasteiger partial charge in [0.05, 0.1) is 5.02 Å². The standard InChI is InChI=1S/C16H16ClNO6S/c17-15-11-5-6-18-8-13(9-1-3-10(19)4-2-9)12(11)7-14(20)16(15)24-25(21,22)23/h1-4,7,13,18-20H,5-6,8H2,(H,21,22,23). The molecule has 0 radical (unpaired) electrons. The summed E-state index contributed by atoms with van der Waals surface area (Å²) in [6, 6.07) is 8.06. The Labute approximate surface area is 149 Å². The van der Waals surface area contributed by atoms with Crippen LogP contribution in [0.4, 0.5) is 0 Å². The number of hydrogen-bond acceptors (Lipinski definition) is 6. The van der Waals surface area contributed by atoms with Crippen molar-refractivity contribution in [2.75, 3.05) is 13.1 Å². The van der Waals surface area contributed by atoms with Crippen LogP contribution in [0.3, 0.4) is 0 Å². The van der Waals surface area contributed by atoms with Gasteiger partial charge in [0.1, 0.15) is 5.75 Å². The summed E-state index contributed by atoms with van der Waals surface area (Å²) in [5.41, 5.74) is 2.24. The van der Waals surface area contributed by atoms with Gasteiger partial charge in [0.15, 0.2) is 5.75 Å². The van der Waals surface area contributed by atoms with Crippen molar-refractivity contribution in [3.8, 4) is 17.2 Å². The Morgan fingerprint density at radius 2 is 1.88 bits per heavy atom. The Balaban J connectivity index is 2.13. The summed E-state index contributed by atoms with van der Waals surface area (Å²) in [7, 11) is -4.82. The summed E-state index contributed by atoms with van der Waals surface area (Å²) in [5, 5.41) is 22.8. The fourth-order valence-electron chi connectivity index (χ4n) is 3.00. The van der Waals surface area contributed by atoms with Gasteiger partial charge in [-0.05, 0) is 47.9 Å². The number of halogens is 1. The van der Waals surface area contributed by atoms with E-state index in [0.717, 1.165) is 11.1 Å². The van der Waals surface area contributed by atoms with Crippen molar-refractivity contribution in [2.45, 2.75) is 12.3 Å². The lowest BCUT2D eigenvalue weighted by Crippen LogP contribution is -2.20. The van der Waals surface area contributed by atoms with Crippen LogP contribution in [-0.2, 0) is 16.8 Å². The zero-order chi connectivity index (χ0) is 18.2. The van der Waals surface area contributed by atoms with Crippen LogP contribution in [0.2, 0.25) is 5.02 Å². The van der Waals surface area contributed by atoms with Gasteiger partial charge in [-0.1, -0.05) is 23.7 Å². The molecule has 0 spiro atoms. The molecule has 0 aliphatic carbocycles. The lowest BCUT2D eigenvalue weighted by atomic mass is 9.87. The molecule has 4 N–H and O–H groups in total. The Morgan fingerprint density at radius 3 is 2.52 bits per heavy atom. The number of phenols is 2. The summed E-state index contributed by atoms with van der Waals surface area (Å²) in [6.45, 7) is 1.17. The van der Waals surface area contributed by atoms with Crippen molar-refractivity contribution in [3.63, 3.8) is 0 Å². The van der Waals surface area contributed by atoms with E-state index in [1.807, 2.05) is 0 Å². The van der Waals surface area contributed by atoms with E-state index >= 15 is 0 Å². The lowest BCUT2D eigenvalue weighted by molar-refractivity contribution is 0.370. The van der Waals surface area contributed by atoms with E-state index in [4.69, 9.17) is 16.2 Å². The molecule has 134 valence electrons. The van der Waals surface area contributed by atoms with Crippen LogP contribution < -0.4 is 9.50 Å². The average molecular weight is 386 g/mol. The highest BCUT2D eigenvalue weighted by Crippen LogP contribution is 2.44. The monoisotopic (exact) mass is 385 g/mol. The third-order valence-electron chi connectivity index (χ3n) is 4.10. The van der Waals surface area contributed by atoms with Crippen LogP contribution in [0.25, 0.3) is 0 Å². The third kappa shape index (κ3) is 3.82. The van der Waals surface area contributed by atoms with E-state index in [-0.39, 0.29) is 16.7 Å². The Hall–Kier alpha value is -2.00. The van der Waals surface area contributed by atoms with Gasteiger partial charge in [0.2, 0.25) is 5.75 Å². The second-order valence-electron chi connectivity index (χ2n) is 5.72. The maximum Gasteiger partial charge on any atom is 0.446 e. The van der Waals surface area contributed by atoms with Gasteiger partial charge >= 0.3 is 10.4 Å². The number of rotatable bonds is 3. The number of aromatic hydroxyl groups is 2. The summed E-state index contributed by atoms with van der Waals surface area (Å²) < 4.78 is 35.3. The van der Waals surface area contributed by atoms with E-state index in [1.165, 1.54) is 6.07 Å². The number of phenolic OH excluding ortho intramolecular Hbond substituents is 2. The first kappa shape index (κ1) is 17.8. The van der Waals surface area contributed by atoms with Gasteiger partial charge < -0.3 is 19.7 Å². The van der Waals surface area contributed by atoms with Crippen molar-refractivity contribution in [2.24, 2.45) is 0 Å². The molecule has 2 aromatic rings. The van der Waals surface area contributed by atoms with Crippen molar-refractivity contribution in [1.82, 2.24) is 5.32 Å². The molecule has 1 aliphatic rings. The quantitative estimate of drug-likeness (QED) is 0.598. The van der Waals surface area contributed by atoms with Crippen molar-refractivity contribution >= 4 is 22.0 Å². The SMILES string of the molecule is O=S(=O)(O)Oc1c(O)cc2c(c1Cl)CCNCC2c1ccc(O)cc1. The third-order valence-corrected chi connectivity index (χ3v) is 4.87. The number of benzene rings is 2. The minimum Gasteiger partial charge on any atom is -0.508 e. The van der Waals surface area contributed by atoms with Crippen LogP contribution in [0.15, 0.2) is 30.3 Å². The van der Waals surface area contributed by atoms with Crippen LogP contribution >= 0.6 is 11.6 Å². The van der Waals surface area contributed by atoms with Crippen molar-refractivity contribution in [1.29, 1.82) is 0 Å². The van der Waals surface area contributed by atoms with Crippen LogP contribution in [0.5, 0.6) is 17.2 Å². The maximum atomic E-state index is 11.0. The molecule has 0 amide bonds. The molecule has 2 aromatic carbocycles. The highest BCUT2D eigenvalue weighted by atomic mass is 35.5. The topological polar surface area (TPSA) is 116 Å². The second-order valence-corrected chi connectivity index (χ2v) is 7.12. The lowest BCUT2D eigenvalue weighted by Gasteiger charge is -2.20. The van der Waals surface area contributed by atoms with E-state index in [2.05, 4.69) is 9.50 Å². The molecular formula is C16H16ClNO6S. The minimum absolute atomic E-state index is 0.0555. The summed E-state index contributed by atoms with van der Waals surface area (Å²) >= 11 is 6.26. The summed E-state index contributed by atoms with van der Waals surface area (Å²) in [5.74, 6) is -0.994. The van der Waals surface area contributed by atoms with E-state index in [1.54, 1.807) is 24.3 Å². The Bertz CT molecular complexity index is 898. The molecule has 1 unspecified atom stereocenters. The van der Waals surface area contributed by atoms with Gasteiger partial charge in [0.25, 0.3) is 0 Å². The number of fused-ring (bicyclic) bond motifs is 1. The molecule has 1 aliphatic heterocycles. The number of hydrogen-bond donors (Lipinski definition) is 4. The van der Waals surface area contributed by atoms with Crippen LogP contribution in [0.1, 0.15) is 22.6 Å². The molecule has 0 bridgehead atoms. The van der Waals surface area contributed by atoms with E-state index in [9.17, 15) is 18.6 Å². The first-order valence-electron chi connectivity index (χ1n) is 7.47. The summed E-state index contributed by atoms with van der Waals surface area (Å²) in [6.07, 6.45) is 0.491. The van der Waals surface area contributed by atoms with Crippen molar-refractivity contribution < 1.29 is 27.4 Å². The molecule has 1 atom stereocenters. The molecule has 9 heteroatoms. The normalized spacial score (nSPS) is 17.6. The Morgan fingerprint density at radius 1 is 1.20 bits per heavy atom. The zero-order valence-electron chi connectivity index (χ0n) is 12.9. The second kappa shape index (κ2) is 6.72. The smallest absolute Gasteiger partial charge is 0.446 e. The Kier molecular flexibility index (Phi) is 4.79. The molecule has 1 heterocycles. The first-order chi connectivity index (χ1) is 11.8. The predicted octanol–water partition coefficient (Wildman–Crippen LogP) is 2.21. The fourth-order valence-corrected chi connectivity index (χ4v) is 3.76. The van der Waals surface area contributed by atoms with Crippen LogP contribution in [-0.4, -0.2) is 36.3 Å². The van der Waals surface area contributed by atoms with E-state index in [0.29, 0.717) is 25.1 Å². The molecule has 0 saturated carbocycles. The highest BCUT2D eigenvalue weighted by Gasteiger charge is 2.27. The molecule has 25 heavy (non-hydrogen) atoms. The maximum absolute atomic E-state index is 11.0. The first-order valence-corrected chi connectivity index (χ1v) is 9.21. The molecular weight excluding hydrogens is 370 g/mol. The van der Waals surface area contributed by atoms with Crippen LogP contribution in [0, 0.1) is 0 Å². The molecule has 7 nitrogen and oxygen atoms in total. The highest BCUT2D eigenvalue weighted by molar-refractivity contribution is 7.81. The van der Waals surface area contributed by atoms with Gasteiger partial charge in [-0.3, -0.25) is 4.55 Å². The molecule has 0 aromatic heterocycles. The van der Waals surface area contributed by atoms with Gasteiger partial charge in [-0.25, -0.2) is 0 Å². The summed E-state index contributed by atoms with van der Waals surface area (Å²) in [4.78, 5) is 0. The minimum atomic E-state index is -4.82. The molecule has 0 fully saturated rings. The van der Waals surface area contributed by atoms with Gasteiger partial charge in [0, 0.05) is 12.5 Å². The van der Waals surface area contributed by atoms with E-state index < -0.39 is 21.9 Å². The molecule has 3 rings (SSSR count). The number of nitrogens with one attached hydrogen (secondary N) is 1. The van der Waals surface area contributed by atoms with Gasteiger partial charge in [-0.2, -0.15) is 8.42 Å². The zero-order valence-corrected chi connectivity index (χ0v) is 14.5. The molecule has 0 saturated heterocycles. The largest absolute Gasteiger partial charge is 0.508 e.